The summed E-state index contributed by atoms with van der Waals surface area (Å²) < 4.78 is 52.9. The third-order valence-corrected chi connectivity index (χ3v) is 6.11. The SMILES string of the molecule is CCCCCCCCCCCCCCCCCCOc1oc2ccccc2[n+]1CC.F[B-](F)(F)F. The van der Waals surface area contributed by atoms with Gasteiger partial charge in [0.15, 0.2) is 6.54 Å². The average molecular weight is 503 g/mol. The number of nitrogens with zero attached hydrogens (tertiary/aromatic N) is 1. The molecule has 1 aromatic carbocycles. The monoisotopic (exact) mass is 503 g/mol. The second-order valence-corrected chi connectivity index (χ2v) is 9.23. The molecule has 0 aliphatic carbocycles. The predicted molar refractivity (Wildman–Crippen MR) is 137 cm³/mol. The highest BCUT2D eigenvalue weighted by atomic mass is 19.5. The Kier molecular flexibility index (Phi) is 17.4. The van der Waals surface area contributed by atoms with Crippen molar-refractivity contribution in [2.75, 3.05) is 6.61 Å². The zero-order chi connectivity index (χ0) is 25.8. The molecule has 1 heterocycles. The molecule has 0 fully saturated rings. The summed E-state index contributed by atoms with van der Waals surface area (Å²) in [6.07, 6.45) is 22.9. The van der Waals surface area contributed by atoms with Crippen LogP contribution in [0.2, 0.25) is 0 Å². The molecule has 0 bridgehead atoms. The van der Waals surface area contributed by atoms with Crippen molar-refractivity contribution in [1.82, 2.24) is 0 Å². The number of halogens is 4. The van der Waals surface area contributed by atoms with Crippen molar-refractivity contribution in [3.8, 4) is 6.08 Å². The predicted octanol–water partition coefficient (Wildman–Crippen LogP) is 9.68. The molecular formula is C27H46BF4NO2. The van der Waals surface area contributed by atoms with E-state index in [-0.39, 0.29) is 0 Å². The van der Waals surface area contributed by atoms with E-state index in [0.717, 1.165) is 30.7 Å². The maximum Gasteiger partial charge on any atom is 0.673 e. The van der Waals surface area contributed by atoms with Crippen LogP contribution in [-0.2, 0) is 6.54 Å². The molecule has 0 radical (unpaired) electrons. The van der Waals surface area contributed by atoms with Crippen LogP contribution in [0.3, 0.4) is 0 Å². The molecule has 0 spiro atoms. The molecule has 1 aromatic heterocycles. The molecule has 3 nitrogen and oxygen atoms in total. The fourth-order valence-corrected chi connectivity index (χ4v) is 4.23. The minimum Gasteiger partial charge on any atom is -0.418 e. The number of para-hydroxylation sites is 2. The van der Waals surface area contributed by atoms with E-state index in [9.17, 15) is 17.3 Å². The summed E-state index contributed by atoms with van der Waals surface area (Å²) in [5, 5.41) is 0. The fraction of sp³-hybridized carbons (Fsp3) is 0.741. The zero-order valence-corrected chi connectivity index (χ0v) is 21.9. The Morgan fingerprint density at radius 3 is 1.57 bits per heavy atom. The van der Waals surface area contributed by atoms with Gasteiger partial charge in [-0.1, -0.05) is 115 Å². The maximum atomic E-state index is 9.75. The molecule has 0 amide bonds. The lowest BCUT2D eigenvalue weighted by atomic mass is 10.0. The standard InChI is InChI=1S/C27H46NO2.BF4/c1-3-5-6-7-8-9-10-11-12-13-14-15-16-17-18-21-24-29-27-28(4-2)25-22-19-20-23-26(25)30-27;2-1(3,4)5/h19-20,22-23H,3-18,21,24H2,1-2H3;/q+1;-1. The molecule has 202 valence electrons. The minimum absolute atomic E-state index is 0.652. The van der Waals surface area contributed by atoms with Crippen LogP contribution in [0.5, 0.6) is 6.08 Å². The Morgan fingerprint density at radius 1 is 0.686 bits per heavy atom. The lowest BCUT2D eigenvalue weighted by Gasteiger charge is -2.03. The number of fused-ring (bicyclic) bond motifs is 1. The van der Waals surface area contributed by atoms with Crippen LogP contribution in [0.1, 0.15) is 117 Å². The lowest BCUT2D eigenvalue weighted by molar-refractivity contribution is -0.678. The maximum absolute atomic E-state index is 9.75. The van der Waals surface area contributed by atoms with E-state index in [1.54, 1.807) is 0 Å². The Labute approximate surface area is 209 Å². The van der Waals surface area contributed by atoms with Gasteiger partial charge in [0, 0.05) is 6.07 Å². The Bertz CT molecular complexity index is 761. The highest BCUT2D eigenvalue weighted by Gasteiger charge is 2.22. The Hall–Kier alpha value is -1.73. The molecular weight excluding hydrogens is 457 g/mol. The van der Waals surface area contributed by atoms with E-state index in [2.05, 4.69) is 24.5 Å². The number of oxazole rings is 1. The van der Waals surface area contributed by atoms with Gasteiger partial charge in [0.25, 0.3) is 5.52 Å². The van der Waals surface area contributed by atoms with Crippen molar-refractivity contribution in [3.63, 3.8) is 0 Å². The van der Waals surface area contributed by atoms with Crippen molar-refractivity contribution in [3.05, 3.63) is 24.3 Å². The summed E-state index contributed by atoms with van der Waals surface area (Å²) in [6, 6.07) is 8.14. The van der Waals surface area contributed by atoms with Gasteiger partial charge in [-0.05, 0) is 19.4 Å². The van der Waals surface area contributed by atoms with Gasteiger partial charge in [0.05, 0.1) is 6.61 Å². The number of aromatic nitrogens is 1. The zero-order valence-electron chi connectivity index (χ0n) is 21.9. The van der Waals surface area contributed by atoms with E-state index < -0.39 is 7.25 Å². The quantitative estimate of drug-likeness (QED) is 0.0826. The van der Waals surface area contributed by atoms with Crippen molar-refractivity contribution < 1.29 is 31.0 Å². The molecule has 0 atom stereocenters. The highest BCUT2D eigenvalue weighted by molar-refractivity contribution is 6.50. The normalized spacial score (nSPS) is 11.5. The van der Waals surface area contributed by atoms with Gasteiger partial charge >= 0.3 is 13.3 Å². The summed E-state index contributed by atoms with van der Waals surface area (Å²) in [7, 11) is -6.00. The Morgan fingerprint density at radius 2 is 1.11 bits per heavy atom. The summed E-state index contributed by atoms with van der Waals surface area (Å²) in [5.41, 5.74) is 2.02. The van der Waals surface area contributed by atoms with Gasteiger partial charge in [-0.15, -0.1) is 4.57 Å². The molecule has 0 saturated heterocycles. The third kappa shape index (κ3) is 16.6. The van der Waals surface area contributed by atoms with Crippen molar-refractivity contribution in [2.45, 2.75) is 123 Å². The summed E-state index contributed by atoms with van der Waals surface area (Å²) in [4.78, 5) is 0. The second-order valence-electron chi connectivity index (χ2n) is 9.23. The van der Waals surface area contributed by atoms with Crippen LogP contribution in [0.15, 0.2) is 28.7 Å². The van der Waals surface area contributed by atoms with Gasteiger partial charge in [-0.25, -0.2) is 0 Å². The first kappa shape index (κ1) is 31.3. The summed E-state index contributed by atoms with van der Waals surface area (Å²) in [6.45, 7) is 6.03. The molecule has 0 saturated carbocycles. The number of rotatable bonds is 19. The van der Waals surface area contributed by atoms with E-state index in [1.165, 1.54) is 96.3 Å². The van der Waals surface area contributed by atoms with Gasteiger partial charge < -0.3 is 26.4 Å². The van der Waals surface area contributed by atoms with Crippen LogP contribution in [0.25, 0.3) is 11.1 Å². The fourth-order valence-electron chi connectivity index (χ4n) is 4.23. The van der Waals surface area contributed by atoms with Crippen molar-refractivity contribution in [2.24, 2.45) is 0 Å². The van der Waals surface area contributed by atoms with Crippen LogP contribution >= 0.6 is 0 Å². The van der Waals surface area contributed by atoms with Crippen LogP contribution in [0.4, 0.5) is 17.3 Å². The van der Waals surface area contributed by atoms with Crippen LogP contribution < -0.4 is 9.30 Å². The number of aryl methyl sites for hydroxylation is 1. The number of hydrogen-bond donors (Lipinski definition) is 0. The van der Waals surface area contributed by atoms with Crippen LogP contribution in [-0.4, -0.2) is 13.9 Å². The first-order chi connectivity index (χ1) is 16.9. The highest BCUT2D eigenvalue weighted by Crippen LogP contribution is 2.19. The molecule has 0 N–H and O–H groups in total. The van der Waals surface area contributed by atoms with Gasteiger partial charge in [-0.2, -0.15) is 0 Å². The number of unbranched alkanes of at least 4 members (excludes halogenated alkanes) is 15. The first-order valence-electron chi connectivity index (χ1n) is 13.8. The number of ether oxygens (including phenoxy) is 1. The smallest absolute Gasteiger partial charge is 0.418 e. The molecule has 0 unspecified atom stereocenters. The van der Waals surface area contributed by atoms with Gasteiger partial charge in [0.1, 0.15) is 0 Å². The van der Waals surface area contributed by atoms with Crippen LogP contribution in [0, 0.1) is 0 Å². The van der Waals surface area contributed by atoms with Gasteiger partial charge in [0.2, 0.25) is 5.58 Å². The number of benzene rings is 1. The van der Waals surface area contributed by atoms with E-state index in [0.29, 0.717) is 6.08 Å². The van der Waals surface area contributed by atoms with Gasteiger partial charge in [-0.3, -0.25) is 0 Å². The Balaban J connectivity index is 0.00000111. The first-order valence-corrected chi connectivity index (χ1v) is 13.8. The second kappa shape index (κ2) is 19.5. The van der Waals surface area contributed by atoms with E-state index >= 15 is 0 Å². The third-order valence-electron chi connectivity index (χ3n) is 6.11. The minimum atomic E-state index is -6.00. The van der Waals surface area contributed by atoms with Crippen molar-refractivity contribution in [1.29, 1.82) is 0 Å². The number of hydrogen-bond acceptors (Lipinski definition) is 2. The molecule has 8 heteroatoms. The molecule has 0 aliphatic rings. The lowest BCUT2D eigenvalue weighted by Crippen LogP contribution is -2.32. The molecule has 0 aliphatic heterocycles. The average Bonchev–Trinajstić information content (AvgIpc) is 3.17. The van der Waals surface area contributed by atoms with E-state index in [4.69, 9.17) is 9.15 Å². The molecule has 2 aromatic rings. The van der Waals surface area contributed by atoms with E-state index in [1.807, 2.05) is 18.2 Å². The summed E-state index contributed by atoms with van der Waals surface area (Å²) in [5.74, 6) is 0. The molecule has 2 rings (SSSR count). The molecule has 35 heavy (non-hydrogen) atoms. The topological polar surface area (TPSA) is 26.2 Å². The summed E-state index contributed by atoms with van der Waals surface area (Å²) >= 11 is 0. The van der Waals surface area contributed by atoms with Crippen molar-refractivity contribution >= 4 is 18.4 Å². The largest absolute Gasteiger partial charge is 0.673 e.